The summed E-state index contributed by atoms with van der Waals surface area (Å²) in [5.41, 5.74) is 1.22. The van der Waals surface area contributed by atoms with Gasteiger partial charge >= 0.3 is 0 Å². The first kappa shape index (κ1) is 11.1. The predicted octanol–water partition coefficient (Wildman–Crippen LogP) is 1.23. The molecule has 16 heavy (non-hydrogen) atoms. The average molecular weight is 222 g/mol. The summed E-state index contributed by atoms with van der Waals surface area (Å²) in [4.78, 5) is 11.9. The zero-order valence-corrected chi connectivity index (χ0v) is 9.22. The summed E-state index contributed by atoms with van der Waals surface area (Å²) in [7, 11) is 0. The number of carbonyl (C=O) groups is 1. The Morgan fingerprint density at radius 2 is 2.38 bits per heavy atom. The second-order valence-electron chi connectivity index (χ2n) is 4.12. The first-order chi connectivity index (χ1) is 7.66. The Morgan fingerprint density at radius 1 is 1.56 bits per heavy atom. The molecule has 0 radical (unpaired) electrons. The minimum Gasteiger partial charge on any atom is -0.348 e. The molecule has 0 aliphatic carbocycles. The van der Waals surface area contributed by atoms with Gasteiger partial charge < -0.3 is 10.6 Å². The van der Waals surface area contributed by atoms with E-state index in [9.17, 15) is 9.18 Å². The molecule has 1 aliphatic heterocycles. The van der Waals surface area contributed by atoms with E-state index < -0.39 is 0 Å². The molecule has 2 rings (SSSR count). The van der Waals surface area contributed by atoms with Gasteiger partial charge in [-0.1, -0.05) is 0 Å². The van der Waals surface area contributed by atoms with E-state index in [4.69, 9.17) is 0 Å². The molecule has 1 atom stereocenters. The fourth-order valence-electron chi connectivity index (χ4n) is 1.92. The van der Waals surface area contributed by atoms with E-state index in [1.807, 2.05) is 0 Å². The number of amides is 1. The lowest BCUT2D eigenvalue weighted by atomic mass is 10.1. The number of hydrogen-bond acceptors (Lipinski definition) is 2. The molecule has 0 bridgehead atoms. The molecular formula is C12H15FN2O. The summed E-state index contributed by atoms with van der Waals surface area (Å²) in [6.45, 7) is 3.49. The standard InChI is InChI=1S/C12H15FN2O/c1-8-6-9(13)2-3-11(8)12(16)15-10-4-5-14-7-10/h2-3,6,10,14H,4-5,7H2,1H3,(H,15,16)/t10-/m0/s1. The number of halogens is 1. The summed E-state index contributed by atoms with van der Waals surface area (Å²) in [5, 5.41) is 6.11. The lowest BCUT2D eigenvalue weighted by molar-refractivity contribution is 0.0939. The van der Waals surface area contributed by atoms with Gasteiger partial charge in [0.25, 0.3) is 5.91 Å². The van der Waals surface area contributed by atoms with Gasteiger partial charge in [-0.25, -0.2) is 4.39 Å². The molecule has 0 unspecified atom stereocenters. The molecule has 1 saturated heterocycles. The topological polar surface area (TPSA) is 41.1 Å². The van der Waals surface area contributed by atoms with Gasteiger partial charge in [0.05, 0.1) is 0 Å². The molecule has 2 N–H and O–H groups in total. The normalized spacial score (nSPS) is 19.8. The lowest BCUT2D eigenvalue weighted by Crippen LogP contribution is -2.36. The second kappa shape index (κ2) is 4.61. The molecule has 1 aromatic rings. The fraction of sp³-hybridized carbons (Fsp3) is 0.417. The van der Waals surface area contributed by atoms with Crippen molar-refractivity contribution in [3.63, 3.8) is 0 Å². The maximum Gasteiger partial charge on any atom is 0.251 e. The van der Waals surface area contributed by atoms with Crippen LogP contribution in [-0.4, -0.2) is 25.0 Å². The highest BCUT2D eigenvalue weighted by molar-refractivity contribution is 5.95. The van der Waals surface area contributed by atoms with Gasteiger partial charge in [0.2, 0.25) is 0 Å². The zero-order chi connectivity index (χ0) is 11.5. The average Bonchev–Trinajstić information content (AvgIpc) is 2.70. The monoisotopic (exact) mass is 222 g/mol. The van der Waals surface area contributed by atoms with Gasteiger partial charge in [-0.2, -0.15) is 0 Å². The van der Waals surface area contributed by atoms with Crippen LogP contribution in [0.5, 0.6) is 0 Å². The first-order valence-corrected chi connectivity index (χ1v) is 5.44. The predicted molar refractivity (Wildman–Crippen MR) is 59.9 cm³/mol. The van der Waals surface area contributed by atoms with Gasteiger partial charge in [-0.05, 0) is 43.7 Å². The number of hydrogen-bond donors (Lipinski definition) is 2. The van der Waals surface area contributed by atoms with E-state index in [0.717, 1.165) is 19.5 Å². The van der Waals surface area contributed by atoms with Crippen molar-refractivity contribution >= 4 is 5.91 Å². The highest BCUT2D eigenvalue weighted by Gasteiger charge is 2.18. The van der Waals surface area contributed by atoms with Crippen LogP contribution in [0.1, 0.15) is 22.3 Å². The molecule has 3 nitrogen and oxygen atoms in total. The van der Waals surface area contributed by atoms with Gasteiger partial charge in [0.1, 0.15) is 5.82 Å². The van der Waals surface area contributed by atoms with Gasteiger partial charge in [0, 0.05) is 18.2 Å². The van der Waals surface area contributed by atoms with Crippen LogP contribution in [0.2, 0.25) is 0 Å². The molecular weight excluding hydrogens is 207 g/mol. The maximum atomic E-state index is 12.9. The van der Waals surface area contributed by atoms with Crippen LogP contribution in [0.4, 0.5) is 4.39 Å². The molecule has 0 aromatic heterocycles. The number of benzene rings is 1. The number of carbonyl (C=O) groups excluding carboxylic acids is 1. The Kier molecular flexibility index (Phi) is 3.19. The van der Waals surface area contributed by atoms with Crippen LogP contribution in [0.3, 0.4) is 0 Å². The summed E-state index contributed by atoms with van der Waals surface area (Å²) < 4.78 is 12.9. The van der Waals surface area contributed by atoms with Crippen molar-refractivity contribution in [1.82, 2.24) is 10.6 Å². The van der Waals surface area contributed by atoms with Gasteiger partial charge in [-0.15, -0.1) is 0 Å². The zero-order valence-electron chi connectivity index (χ0n) is 9.22. The Bertz CT molecular complexity index is 400. The molecule has 1 heterocycles. The lowest BCUT2D eigenvalue weighted by Gasteiger charge is -2.12. The molecule has 1 amide bonds. The van der Waals surface area contributed by atoms with Crippen LogP contribution in [0.15, 0.2) is 18.2 Å². The number of aryl methyl sites for hydroxylation is 1. The summed E-state index contributed by atoms with van der Waals surface area (Å²) in [5.74, 6) is -0.428. The van der Waals surface area contributed by atoms with Crippen molar-refractivity contribution in [2.75, 3.05) is 13.1 Å². The van der Waals surface area contributed by atoms with Crippen molar-refractivity contribution in [2.24, 2.45) is 0 Å². The Morgan fingerprint density at radius 3 is 3.00 bits per heavy atom. The second-order valence-corrected chi connectivity index (χ2v) is 4.12. The fourth-order valence-corrected chi connectivity index (χ4v) is 1.92. The smallest absolute Gasteiger partial charge is 0.251 e. The molecule has 4 heteroatoms. The Balaban J connectivity index is 2.08. The minimum atomic E-state index is -0.309. The molecule has 1 fully saturated rings. The van der Waals surface area contributed by atoms with Crippen molar-refractivity contribution in [3.05, 3.63) is 35.1 Å². The van der Waals surface area contributed by atoms with Crippen LogP contribution in [0.25, 0.3) is 0 Å². The summed E-state index contributed by atoms with van der Waals surface area (Å²) >= 11 is 0. The van der Waals surface area contributed by atoms with E-state index in [1.54, 1.807) is 6.92 Å². The van der Waals surface area contributed by atoms with E-state index in [-0.39, 0.29) is 17.8 Å². The third-order valence-electron chi connectivity index (χ3n) is 2.83. The number of nitrogens with one attached hydrogen (secondary N) is 2. The minimum absolute atomic E-state index is 0.119. The quantitative estimate of drug-likeness (QED) is 0.790. The van der Waals surface area contributed by atoms with Crippen LogP contribution >= 0.6 is 0 Å². The van der Waals surface area contributed by atoms with Crippen molar-refractivity contribution in [1.29, 1.82) is 0 Å². The van der Waals surface area contributed by atoms with Gasteiger partial charge in [0.15, 0.2) is 0 Å². The Labute approximate surface area is 94.0 Å². The SMILES string of the molecule is Cc1cc(F)ccc1C(=O)N[C@H]1CCNC1. The van der Waals surface area contributed by atoms with Crippen molar-refractivity contribution in [3.8, 4) is 0 Å². The largest absolute Gasteiger partial charge is 0.348 e. The first-order valence-electron chi connectivity index (χ1n) is 5.44. The molecule has 86 valence electrons. The highest BCUT2D eigenvalue weighted by atomic mass is 19.1. The van der Waals surface area contributed by atoms with E-state index in [1.165, 1.54) is 18.2 Å². The van der Waals surface area contributed by atoms with Gasteiger partial charge in [-0.3, -0.25) is 4.79 Å². The van der Waals surface area contributed by atoms with E-state index >= 15 is 0 Å². The Hall–Kier alpha value is -1.42. The highest BCUT2D eigenvalue weighted by Crippen LogP contribution is 2.10. The molecule has 1 aliphatic rings. The summed E-state index contributed by atoms with van der Waals surface area (Å²) in [6, 6.07) is 4.41. The maximum absolute atomic E-state index is 12.9. The van der Waals surface area contributed by atoms with Crippen LogP contribution in [-0.2, 0) is 0 Å². The summed E-state index contributed by atoms with van der Waals surface area (Å²) in [6.07, 6.45) is 0.950. The van der Waals surface area contributed by atoms with Crippen LogP contribution in [0, 0.1) is 12.7 Å². The molecule has 1 aromatic carbocycles. The third kappa shape index (κ3) is 2.39. The van der Waals surface area contributed by atoms with Crippen molar-refractivity contribution in [2.45, 2.75) is 19.4 Å². The molecule has 0 spiro atoms. The third-order valence-corrected chi connectivity index (χ3v) is 2.83. The molecule has 0 saturated carbocycles. The number of rotatable bonds is 2. The van der Waals surface area contributed by atoms with E-state index in [0.29, 0.717) is 11.1 Å². The van der Waals surface area contributed by atoms with Crippen molar-refractivity contribution < 1.29 is 9.18 Å². The van der Waals surface area contributed by atoms with E-state index in [2.05, 4.69) is 10.6 Å². The van der Waals surface area contributed by atoms with Crippen LogP contribution < -0.4 is 10.6 Å².